The molecule has 1 rings (SSSR count). The van der Waals surface area contributed by atoms with Crippen LogP contribution in [-0.4, -0.2) is 30.6 Å². The molecule has 1 heterocycles. The zero-order valence-corrected chi connectivity index (χ0v) is 11.5. The lowest BCUT2D eigenvalue weighted by Crippen LogP contribution is -2.27. The molecule has 0 aliphatic heterocycles. The summed E-state index contributed by atoms with van der Waals surface area (Å²) >= 11 is 3.22. The number of hydrogen-bond donors (Lipinski definition) is 1. The van der Waals surface area contributed by atoms with Gasteiger partial charge in [0, 0.05) is 24.9 Å². The van der Waals surface area contributed by atoms with Crippen LogP contribution in [-0.2, 0) is 4.74 Å². The van der Waals surface area contributed by atoms with Crippen molar-refractivity contribution in [3.63, 3.8) is 0 Å². The van der Waals surface area contributed by atoms with Crippen molar-refractivity contribution in [1.29, 1.82) is 0 Å². The molecule has 0 unspecified atom stereocenters. The molecule has 0 aromatic carbocycles. The first-order valence-electron chi connectivity index (χ1n) is 5.71. The molecule has 0 fully saturated rings. The highest BCUT2D eigenvalue weighted by atomic mass is 79.9. The molecule has 1 N–H and O–H groups in total. The topological polar surface area (TPSA) is 51.2 Å². The van der Waals surface area contributed by atoms with E-state index in [1.54, 1.807) is 18.3 Å². The Labute approximate surface area is 110 Å². The van der Waals surface area contributed by atoms with Crippen LogP contribution in [0.25, 0.3) is 0 Å². The van der Waals surface area contributed by atoms with Gasteiger partial charge in [0.1, 0.15) is 4.60 Å². The molecule has 1 aromatic heterocycles. The first kappa shape index (κ1) is 14.1. The Hall–Kier alpha value is -0.940. The van der Waals surface area contributed by atoms with E-state index < -0.39 is 0 Å². The summed E-state index contributed by atoms with van der Waals surface area (Å²) in [7, 11) is 0. The third kappa shape index (κ3) is 5.79. The second kappa shape index (κ2) is 8.20. The summed E-state index contributed by atoms with van der Waals surface area (Å²) in [6, 6.07) is 3.37. The van der Waals surface area contributed by atoms with Crippen molar-refractivity contribution >= 4 is 21.8 Å². The second-order valence-electron chi connectivity index (χ2n) is 3.59. The molecule has 0 atom stereocenters. The molecule has 1 amide bonds. The van der Waals surface area contributed by atoms with Gasteiger partial charge in [0.25, 0.3) is 5.91 Å². The first-order valence-corrected chi connectivity index (χ1v) is 6.51. The number of carbonyl (C=O) groups is 1. The number of pyridine rings is 1. The molecular formula is C12H17BrN2O2. The number of hydrogen-bond acceptors (Lipinski definition) is 3. The van der Waals surface area contributed by atoms with Crippen molar-refractivity contribution in [2.45, 2.75) is 19.8 Å². The minimum absolute atomic E-state index is 0.104. The molecule has 94 valence electrons. The third-order valence-electron chi connectivity index (χ3n) is 2.16. The van der Waals surface area contributed by atoms with Gasteiger partial charge in [-0.3, -0.25) is 4.79 Å². The van der Waals surface area contributed by atoms with E-state index in [-0.39, 0.29) is 5.91 Å². The summed E-state index contributed by atoms with van der Waals surface area (Å²) in [6.07, 6.45) is 3.78. The van der Waals surface area contributed by atoms with Crippen LogP contribution in [0.4, 0.5) is 0 Å². The van der Waals surface area contributed by atoms with Crippen molar-refractivity contribution in [2.24, 2.45) is 0 Å². The average molecular weight is 301 g/mol. The summed E-state index contributed by atoms with van der Waals surface area (Å²) in [5.74, 6) is -0.104. The Bertz CT molecular complexity index is 358. The fourth-order valence-electron chi connectivity index (χ4n) is 1.23. The number of ether oxygens (including phenoxy) is 1. The number of aromatic nitrogens is 1. The smallest absolute Gasteiger partial charge is 0.251 e. The Morgan fingerprint density at radius 1 is 1.53 bits per heavy atom. The summed E-state index contributed by atoms with van der Waals surface area (Å²) in [5, 5.41) is 2.79. The molecule has 0 aliphatic carbocycles. The van der Waals surface area contributed by atoms with Crippen molar-refractivity contribution in [3.05, 3.63) is 28.5 Å². The highest BCUT2D eigenvalue weighted by molar-refractivity contribution is 9.10. The van der Waals surface area contributed by atoms with Gasteiger partial charge < -0.3 is 10.1 Å². The SMILES string of the molecule is CCCCOCCNC(=O)c1ccnc(Br)c1. The van der Waals surface area contributed by atoms with Crippen LogP contribution in [0.1, 0.15) is 30.1 Å². The Balaban J connectivity index is 2.21. The summed E-state index contributed by atoms with van der Waals surface area (Å²) in [4.78, 5) is 15.6. The Kier molecular flexibility index (Phi) is 6.81. The van der Waals surface area contributed by atoms with Gasteiger partial charge >= 0.3 is 0 Å². The molecular weight excluding hydrogens is 284 g/mol. The summed E-state index contributed by atoms with van der Waals surface area (Å²) in [5.41, 5.74) is 0.598. The summed E-state index contributed by atoms with van der Waals surface area (Å²) in [6.45, 7) is 3.96. The molecule has 5 heteroatoms. The minimum atomic E-state index is -0.104. The zero-order chi connectivity index (χ0) is 12.5. The number of unbranched alkanes of at least 4 members (excludes halogenated alkanes) is 1. The van der Waals surface area contributed by atoms with Gasteiger partial charge in [-0.2, -0.15) is 0 Å². The number of rotatable bonds is 7. The molecule has 0 aliphatic rings. The van der Waals surface area contributed by atoms with E-state index in [9.17, 15) is 4.79 Å². The lowest BCUT2D eigenvalue weighted by Gasteiger charge is -2.06. The van der Waals surface area contributed by atoms with Crippen LogP contribution in [0.2, 0.25) is 0 Å². The highest BCUT2D eigenvalue weighted by Gasteiger charge is 2.04. The molecule has 0 saturated heterocycles. The van der Waals surface area contributed by atoms with Gasteiger partial charge in [-0.05, 0) is 34.5 Å². The Morgan fingerprint density at radius 3 is 3.06 bits per heavy atom. The van der Waals surface area contributed by atoms with E-state index in [4.69, 9.17) is 4.74 Å². The lowest BCUT2D eigenvalue weighted by molar-refractivity contribution is 0.0912. The fourth-order valence-corrected chi connectivity index (χ4v) is 1.60. The van der Waals surface area contributed by atoms with Gasteiger partial charge in [0.2, 0.25) is 0 Å². The van der Waals surface area contributed by atoms with Gasteiger partial charge in [-0.1, -0.05) is 13.3 Å². The molecule has 1 aromatic rings. The van der Waals surface area contributed by atoms with Gasteiger partial charge in [-0.15, -0.1) is 0 Å². The fraction of sp³-hybridized carbons (Fsp3) is 0.500. The van der Waals surface area contributed by atoms with Crippen molar-refractivity contribution in [3.8, 4) is 0 Å². The van der Waals surface area contributed by atoms with Crippen LogP contribution in [0.3, 0.4) is 0 Å². The Morgan fingerprint density at radius 2 is 2.35 bits per heavy atom. The number of carbonyl (C=O) groups excluding carboxylic acids is 1. The normalized spacial score (nSPS) is 10.2. The van der Waals surface area contributed by atoms with E-state index in [0.29, 0.717) is 23.3 Å². The average Bonchev–Trinajstić information content (AvgIpc) is 2.33. The predicted molar refractivity (Wildman–Crippen MR) is 70.0 cm³/mol. The maximum Gasteiger partial charge on any atom is 0.251 e. The molecule has 0 radical (unpaired) electrons. The number of nitrogens with one attached hydrogen (secondary N) is 1. The summed E-state index contributed by atoms with van der Waals surface area (Å²) < 4.78 is 6.00. The molecule has 0 saturated carbocycles. The first-order chi connectivity index (χ1) is 8.24. The quantitative estimate of drug-likeness (QED) is 0.621. The monoisotopic (exact) mass is 300 g/mol. The van der Waals surface area contributed by atoms with E-state index in [1.807, 2.05) is 0 Å². The number of halogens is 1. The molecule has 4 nitrogen and oxygen atoms in total. The van der Waals surface area contributed by atoms with E-state index >= 15 is 0 Å². The van der Waals surface area contributed by atoms with E-state index in [1.165, 1.54) is 0 Å². The molecule has 0 spiro atoms. The highest BCUT2D eigenvalue weighted by Crippen LogP contribution is 2.07. The predicted octanol–water partition coefficient (Wildman–Crippen LogP) is 2.39. The minimum Gasteiger partial charge on any atom is -0.380 e. The zero-order valence-electron chi connectivity index (χ0n) is 9.91. The maximum atomic E-state index is 11.7. The van der Waals surface area contributed by atoms with Gasteiger partial charge in [-0.25, -0.2) is 4.98 Å². The van der Waals surface area contributed by atoms with Crippen molar-refractivity contribution in [2.75, 3.05) is 19.8 Å². The number of amides is 1. The van der Waals surface area contributed by atoms with Gasteiger partial charge in [0.05, 0.1) is 6.61 Å². The van der Waals surface area contributed by atoms with Crippen LogP contribution >= 0.6 is 15.9 Å². The largest absolute Gasteiger partial charge is 0.380 e. The van der Waals surface area contributed by atoms with Crippen LogP contribution in [0, 0.1) is 0 Å². The van der Waals surface area contributed by atoms with Gasteiger partial charge in [0.15, 0.2) is 0 Å². The lowest BCUT2D eigenvalue weighted by atomic mass is 10.2. The standard InChI is InChI=1S/C12H17BrN2O2/c1-2-3-7-17-8-6-15-12(16)10-4-5-14-11(13)9-10/h4-5,9H,2-3,6-8H2,1H3,(H,15,16). The number of nitrogens with zero attached hydrogens (tertiary/aromatic N) is 1. The van der Waals surface area contributed by atoms with E-state index in [2.05, 4.69) is 33.2 Å². The van der Waals surface area contributed by atoms with Crippen molar-refractivity contribution < 1.29 is 9.53 Å². The third-order valence-corrected chi connectivity index (χ3v) is 2.60. The van der Waals surface area contributed by atoms with Crippen molar-refractivity contribution in [1.82, 2.24) is 10.3 Å². The van der Waals surface area contributed by atoms with Crippen LogP contribution < -0.4 is 5.32 Å². The van der Waals surface area contributed by atoms with Crippen LogP contribution in [0.15, 0.2) is 22.9 Å². The second-order valence-corrected chi connectivity index (χ2v) is 4.40. The van der Waals surface area contributed by atoms with Crippen LogP contribution in [0.5, 0.6) is 0 Å². The molecule has 0 bridgehead atoms. The van der Waals surface area contributed by atoms with E-state index in [0.717, 1.165) is 19.4 Å². The molecule has 17 heavy (non-hydrogen) atoms. The maximum absolute atomic E-state index is 11.7.